The molecule has 1 fully saturated rings. The van der Waals surface area contributed by atoms with E-state index in [1.165, 1.54) is 4.90 Å². The molecule has 110 valence electrons. The van der Waals surface area contributed by atoms with Crippen molar-refractivity contribution in [1.29, 1.82) is 0 Å². The average Bonchev–Trinajstić information content (AvgIpc) is 3.03. The van der Waals surface area contributed by atoms with Crippen LogP contribution in [0.3, 0.4) is 0 Å². The maximum absolute atomic E-state index is 12.0. The van der Waals surface area contributed by atoms with Gasteiger partial charge in [-0.25, -0.2) is 9.78 Å². The number of urea groups is 1. The number of amides is 2. The van der Waals surface area contributed by atoms with Crippen molar-refractivity contribution in [2.75, 3.05) is 20.3 Å². The highest BCUT2D eigenvalue weighted by Gasteiger charge is 2.38. The summed E-state index contributed by atoms with van der Waals surface area (Å²) in [6.07, 6.45) is 3.44. The van der Waals surface area contributed by atoms with E-state index in [1.807, 2.05) is 7.05 Å². The monoisotopic (exact) mass is 282 g/mol. The van der Waals surface area contributed by atoms with E-state index < -0.39 is 17.9 Å². The number of aromatic nitrogens is 2. The molecule has 0 saturated carbocycles. The Bertz CT molecular complexity index is 501. The van der Waals surface area contributed by atoms with Gasteiger partial charge in [0.25, 0.3) is 0 Å². The largest absolute Gasteiger partial charge is 0.481 e. The Labute approximate surface area is 116 Å². The summed E-state index contributed by atoms with van der Waals surface area (Å²) in [5.41, 5.74) is 0. The van der Waals surface area contributed by atoms with Crippen LogP contribution >= 0.6 is 0 Å². The third kappa shape index (κ3) is 2.90. The lowest BCUT2D eigenvalue weighted by Gasteiger charge is -2.26. The molecule has 2 N–H and O–H groups in total. The second-order valence-corrected chi connectivity index (χ2v) is 4.77. The van der Waals surface area contributed by atoms with Gasteiger partial charge in [-0.2, -0.15) is 0 Å². The highest BCUT2D eigenvalue weighted by atomic mass is 16.5. The fourth-order valence-electron chi connectivity index (χ4n) is 2.16. The molecule has 1 aromatic rings. The maximum atomic E-state index is 12.0. The minimum absolute atomic E-state index is 0.136. The van der Waals surface area contributed by atoms with Crippen molar-refractivity contribution in [2.45, 2.75) is 12.6 Å². The number of carboxylic acid groups (broad SMARTS) is 1. The van der Waals surface area contributed by atoms with Crippen LogP contribution in [0.1, 0.15) is 5.82 Å². The van der Waals surface area contributed by atoms with Gasteiger partial charge in [0, 0.05) is 26.5 Å². The number of likely N-dealkylation sites (N-methyl/N-ethyl adjacent to an activating group) is 1. The van der Waals surface area contributed by atoms with Crippen LogP contribution < -0.4 is 5.32 Å². The molecule has 2 atom stereocenters. The third-order valence-corrected chi connectivity index (χ3v) is 3.50. The van der Waals surface area contributed by atoms with Crippen LogP contribution in [0.25, 0.3) is 0 Å². The van der Waals surface area contributed by atoms with E-state index in [2.05, 4.69) is 10.3 Å². The number of hydrogen-bond donors (Lipinski definition) is 2. The van der Waals surface area contributed by atoms with E-state index in [-0.39, 0.29) is 25.8 Å². The molecular weight excluding hydrogens is 264 g/mol. The minimum Gasteiger partial charge on any atom is -0.481 e. The fraction of sp³-hybridized carbons (Fsp3) is 0.583. The molecule has 8 nitrogen and oxygen atoms in total. The van der Waals surface area contributed by atoms with E-state index in [0.717, 1.165) is 5.82 Å². The van der Waals surface area contributed by atoms with Gasteiger partial charge in [-0.05, 0) is 0 Å². The maximum Gasteiger partial charge on any atom is 0.317 e. The lowest BCUT2D eigenvalue weighted by Crippen LogP contribution is -2.48. The predicted molar refractivity (Wildman–Crippen MR) is 68.9 cm³/mol. The molecular formula is C12H18N4O4. The molecule has 0 bridgehead atoms. The summed E-state index contributed by atoms with van der Waals surface area (Å²) in [6.45, 7) is 0.665. The number of aliphatic carboxylic acids is 1. The number of imidazole rings is 1. The molecule has 1 aromatic heterocycles. The summed E-state index contributed by atoms with van der Waals surface area (Å²) in [4.78, 5) is 28.6. The SMILES string of the molecule is CN(C(=O)NCc1nccn1C)C1COCC1C(=O)O. The van der Waals surface area contributed by atoms with Gasteiger partial charge in [0.15, 0.2) is 0 Å². The van der Waals surface area contributed by atoms with Crippen molar-refractivity contribution in [2.24, 2.45) is 13.0 Å². The number of carbonyl (C=O) groups excluding carboxylic acids is 1. The van der Waals surface area contributed by atoms with Crippen molar-refractivity contribution in [3.8, 4) is 0 Å². The Hall–Kier alpha value is -2.09. The van der Waals surface area contributed by atoms with Crippen molar-refractivity contribution in [3.63, 3.8) is 0 Å². The highest BCUT2D eigenvalue weighted by Crippen LogP contribution is 2.19. The fourth-order valence-corrected chi connectivity index (χ4v) is 2.16. The zero-order valence-corrected chi connectivity index (χ0v) is 11.4. The summed E-state index contributed by atoms with van der Waals surface area (Å²) in [5, 5.41) is 11.8. The molecule has 20 heavy (non-hydrogen) atoms. The lowest BCUT2D eigenvalue weighted by atomic mass is 10.0. The van der Waals surface area contributed by atoms with Crippen LogP contribution in [0.2, 0.25) is 0 Å². The van der Waals surface area contributed by atoms with E-state index in [0.29, 0.717) is 0 Å². The number of rotatable bonds is 4. The Morgan fingerprint density at radius 1 is 1.60 bits per heavy atom. The van der Waals surface area contributed by atoms with Crippen LogP contribution in [0, 0.1) is 5.92 Å². The second kappa shape index (κ2) is 5.91. The van der Waals surface area contributed by atoms with Crippen LogP contribution in [0.5, 0.6) is 0 Å². The topological polar surface area (TPSA) is 96.7 Å². The van der Waals surface area contributed by atoms with Crippen molar-refractivity contribution in [3.05, 3.63) is 18.2 Å². The molecule has 0 aliphatic carbocycles. The van der Waals surface area contributed by atoms with Crippen molar-refractivity contribution in [1.82, 2.24) is 19.8 Å². The Kier molecular flexibility index (Phi) is 4.23. The number of hydrogen-bond acceptors (Lipinski definition) is 4. The number of ether oxygens (including phenoxy) is 1. The molecule has 1 saturated heterocycles. The normalized spacial score (nSPS) is 21.7. The van der Waals surface area contributed by atoms with Gasteiger partial charge in [0.05, 0.1) is 25.8 Å². The zero-order valence-electron chi connectivity index (χ0n) is 11.4. The first-order valence-electron chi connectivity index (χ1n) is 6.28. The van der Waals surface area contributed by atoms with Crippen molar-refractivity contribution >= 4 is 12.0 Å². The first-order chi connectivity index (χ1) is 9.50. The van der Waals surface area contributed by atoms with Gasteiger partial charge in [-0.1, -0.05) is 0 Å². The molecule has 2 rings (SSSR count). The Balaban J connectivity index is 1.92. The molecule has 2 heterocycles. The van der Waals surface area contributed by atoms with Gasteiger partial charge in [0.1, 0.15) is 11.7 Å². The average molecular weight is 282 g/mol. The van der Waals surface area contributed by atoms with Crippen LogP contribution in [0.15, 0.2) is 12.4 Å². The van der Waals surface area contributed by atoms with Crippen LogP contribution in [-0.2, 0) is 23.1 Å². The Morgan fingerprint density at radius 2 is 2.35 bits per heavy atom. The number of nitrogens with one attached hydrogen (secondary N) is 1. The molecule has 8 heteroatoms. The smallest absolute Gasteiger partial charge is 0.317 e. The second-order valence-electron chi connectivity index (χ2n) is 4.77. The van der Waals surface area contributed by atoms with E-state index in [1.54, 1.807) is 24.0 Å². The number of carbonyl (C=O) groups is 2. The zero-order chi connectivity index (χ0) is 14.7. The third-order valence-electron chi connectivity index (χ3n) is 3.50. The quantitative estimate of drug-likeness (QED) is 0.787. The van der Waals surface area contributed by atoms with Gasteiger partial charge in [-0.3, -0.25) is 4.79 Å². The standard InChI is InChI=1S/C12H18N4O4/c1-15-4-3-13-10(15)5-14-12(19)16(2)9-7-20-6-8(9)11(17)18/h3-4,8-9H,5-7H2,1-2H3,(H,14,19)(H,17,18). The van der Waals surface area contributed by atoms with Gasteiger partial charge in [0.2, 0.25) is 0 Å². The highest BCUT2D eigenvalue weighted by molar-refractivity contribution is 5.77. The molecule has 2 unspecified atom stereocenters. The van der Waals surface area contributed by atoms with Gasteiger partial charge >= 0.3 is 12.0 Å². The van der Waals surface area contributed by atoms with Crippen molar-refractivity contribution < 1.29 is 19.4 Å². The van der Waals surface area contributed by atoms with E-state index in [4.69, 9.17) is 9.84 Å². The first-order valence-corrected chi connectivity index (χ1v) is 6.28. The summed E-state index contributed by atoms with van der Waals surface area (Å²) in [7, 11) is 3.41. The lowest BCUT2D eigenvalue weighted by molar-refractivity contribution is -0.142. The molecule has 0 radical (unpaired) electrons. The van der Waals surface area contributed by atoms with Crippen LogP contribution in [0.4, 0.5) is 4.79 Å². The van der Waals surface area contributed by atoms with Crippen LogP contribution in [-0.4, -0.2) is 57.9 Å². The molecule has 1 aliphatic heterocycles. The summed E-state index contributed by atoms with van der Waals surface area (Å²) < 4.78 is 6.96. The van der Waals surface area contributed by atoms with Gasteiger partial charge in [-0.15, -0.1) is 0 Å². The molecule has 0 spiro atoms. The predicted octanol–water partition coefficient (Wildman–Crippen LogP) is -0.339. The number of nitrogens with zero attached hydrogens (tertiary/aromatic N) is 3. The number of carboxylic acids is 1. The Morgan fingerprint density at radius 3 is 2.95 bits per heavy atom. The van der Waals surface area contributed by atoms with E-state index >= 15 is 0 Å². The molecule has 2 amide bonds. The number of aryl methyl sites for hydroxylation is 1. The van der Waals surface area contributed by atoms with Gasteiger partial charge < -0.3 is 24.6 Å². The summed E-state index contributed by atoms with van der Waals surface area (Å²) in [5.74, 6) is -0.903. The summed E-state index contributed by atoms with van der Waals surface area (Å²) in [6, 6.07) is -0.788. The first kappa shape index (κ1) is 14.3. The minimum atomic E-state index is -0.948. The molecule has 0 aromatic carbocycles. The summed E-state index contributed by atoms with van der Waals surface area (Å²) >= 11 is 0. The van der Waals surface area contributed by atoms with E-state index in [9.17, 15) is 9.59 Å². The molecule has 1 aliphatic rings.